The molecule has 0 unspecified atom stereocenters. The molecule has 0 saturated heterocycles. The minimum atomic E-state index is 0.881. The molecule has 0 aliphatic heterocycles. The Morgan fingerprint density at radius 3 is 2.88 bits per heavy atom. The first-order chi connectivity index (χ1) is 8.20. The van der Waals surface area contributed by atoms with Crippen molar-refractivity contribution in [3.63, 3.8) is 0 Å². The Morgan fingerprint density at radius 1 is 1.47 bits per heavy atom. The zero-order chi connectivity index (χ0) is 12.3. The van der Waals surface area contributed by atoms with Crippen LogP contribution in [0, 0.1) is 0 Å². The maximum atomic E-state index is 4.30. The highest BCUT2D eigenvalue weighted by atomic mass is 79.9. The lowest BCUT2D eigenvalue weighted by Gasteiger charge is -2.06. The van der Waals surface area contributed by atoms with Gasteiger partial charge in [0.25, 0.3) is 0 Å². The summed E-state index contributed by atoms with van der Waals surface area (Å²) >= 11 is 5.26. The highest BCUT2D eigenvalue weighted by Gasteiger charge is 2.06. The van der Waals surface area contributed by atoms with Gasteiger partial charge in [-0.05, 0) is 40.7 Å². The van der Waals surface area contributed by atoms with E-state index in [9.17, 15) is 0 Å². The third-order valence-corrected chi connectivity index (χ3v) is 4.43. The number of aryl methyl sites for hydroxylation is 1. The van der Waals surface area contributed by atoms with Crippen molar-refractivity contribution in [2.45, 2.75) is 16.6 Å². The number of nitrogens with zero attached hydrogens (tertiary/aromatic N) is 2. The summed E-state index contributed by atoms with van der Waals surface area (Å²) in [6.45, 7) is 0.881. The van der Waals surface area contributed by atoms with Crippen LogP contribution in [0.1, 0.15) is 5.56 Å². The molecule has 0 bridgehead atoms. The van der Waals surface area contributed by atoms with Crippen molar-refractivity contribution in [1.82, 2.24) is 14.9 Å². The Bertz CT molecular complexity index is 510. The molecule has 2 rings (SSSR count). The lowest BCUT2D eigenvalue weighted by atomic mass is 10.2. The van der Waals surface area contributed by atoms with Crippen LogP contribution in [0.5, 0.6) is 0 Å². The molecular weight excluding hydrogens is 298 g/mol. The Hall–Kier alpha value is -0.780. The molecule has 1 N–H and O–H groups in total. The largest absolute Gasteiger partial charge is 0.329 e. The van der Waals surface area contributed by atoms with Gasteiger partial charge < -0.3 is 9.88 Å². The van der Waals surface area contributed by atoms with Crippen LogP contribution in [0.25, 0.3) is 0 Å². The van der Waals surface area contributed by atoms with Gasteiger partial charge in [-0.2, -0.15) is 0 Å². The topological polar surface area (TPSA) is 29.9 Å². The van der Waals surface area contributed by atoms with Gasteiger partial charge in [-0.3, -0.25) is 0 Å². The predicted octanol–water partition coefficient (Wildman–Crippen LogP) is 3.05. The molecule has 5 heteroatoms. The van der Waals surface area contributed by atoms with Gasteiger partial charge in [-0.1, -0.05) is 17.8 Å². The molecule has 0 radical (unpaired) electrons. The highest BCUT2D eigenvalue weighted by molar-refractivity contribution is 9.10. The van der Waals surface area contributed by atoms with E-state index in [2.05, 4.69) is 44.4 Å². The molecule has 0 aliphatic rings. The summed E-state index contributed by atoms with van der Waals surface area (Å²) in [5.74, 6) is 0. The molecule has 1 heterocycles. The van der Waals surface area contributed by atoms with Gasteiger partial charge in [0.05, 0.1) is 0 Å². The summed E-state index contributed by atoms with van der Waals surface area (Å²) in [7, 11) is 3.95. The minimum absolute atomic E-state index is 0.881. The van der Waals surface area contributed by atoms with E-state index < -0.39 is 0 Å². The van der Waals surface area contributed by atoms with Crippen LogP contribution >= 0.6 is 27.7 Å². The van der Waals surface area contributed by atoms with E-state index >= 15 is 0 Å². The second-order valence-electron chi connectivity index (χ2n) is 3.72. The van der Waals surface area contributed by atoms with Crippen molar-refractivity contribution < 1.29 is 0 Å². The van der Waals surface area contributed by atoms with Crippen LogP contribution in [0.3, 0.4) is 0 Å². The Morgan fingerprint density at radius 2 is 2.29 bits per heavy atom. The first-order valence-corrected chi connectivity index (χ1v) is 6.90. The lowest BCUT2D eigenvalue weighted by molar-refractivity contribution is 0.789. The fraction of sp³-hybridized carbons (Fsp3) is 0.250. The maximum absolute atomic E-state index is 4.30. The summed E-state index contributed by atoms with van der Waals surface area (Å²) < 4.78 is 3.12. The van der Waals surface area contributed by atoms with Crippen LogP contribution < -0.4 is 5.32 Å². The fourth-order valence-corrected chi connectivity index (χ4v) is 2.97. The standard InChI is InChI=1S/C12H14BrN3S/c1-14-8-9-3-4-11(10(13)7-9)17-12-15-5-6-16(12)2/h3-7,14H,8H2,1-2H3. The minimum Gasteiger partial charge on any atom is -0.329 e. The quantitative estimate of drug-likeness (QED) is 0.941. The third-order valence-electron chi connectivity index (χ3n) is 2.36. The molecule has 0 fully saturated rings. The molecule has 0 atom stereocenters. The van der Waals surface area contributed by atoms with E-state index in [1.807, 2.05) is 31.1 Å². The van der Waals surface area contributed by atoms with Crippen LogP contribution in [0.15, 0.2) is 45.1 Å². The number of aromatic nitrogens is 2. The number of benzene rings is 1. The summed E-state index contributed by atoms with van der Waals surface area (Å²) in [6, 6.07) is 6.39. The average molecular weight is 312 g/mol. The molecule has 3 nitrogen and oxygen atoms in total. The molecule has 0 saturated carbocycles. The molecule has 90 valence electrons. The van der Waals surface area contributed by atoms with E-state index in [4.69, 9.17) is 0 Å². The Labute approximate surface area is 114 Å². The smallest absolute Gasteiger partial charge is 0.172 e. The molecule has 1 aromatic heterocycles. The van der Waals surface area contributed by atoms with Gasteiger partial charge in [0.2, 0.25) is 0 Å². The summed E-state index contributed by atoms with van der Waals surface area (Å²) in [5, 5.41) is 4.13. The zero-order valence-electron chi connectivity index (χ0n) is 9.77. The number of nitrogens with one attached hydrogen (secondary N) is 1. The normalized spacial score (nSPS) is 10.8. The van der Waals surface area contributed by atoms with Gasteiger partial charge in [-0.15, -0.1) is 0 Å². The molecule has 2 aromatic rings. The van der Waals surface area contributed by atoms with Crippen molar-refractivity contribution >= 4 is 27.7 Å². The van der Waals surface area contributed by atoms with Gasteiger partial charge >= 0.3 is 0 Å². The molecular formula is C12H14BrN3S. The molecule has 0 aliphatic carbocycles. The first kappa shape index (κ1) is 12.7. The van der Waals surface area contributed by atoms with Crippen molar-refractivity contribution in [2.24, 2.45) is 7.05 Å². The fourth-order valence-electron chi connectivity index (χ4n) is 1.49. The van der Waals surface area contributed by atoms with Gasteiger partial charge in [0.1, 0.15) is 0 Å². The van der Waals surface area contributed by atoms with E-state index in [-0.39, 0.29) is 0 Å². The Balaban J connectivity index is 2.19. The molecule has 1 aromatic carbocycles. The summed E-state index contributed by atoms with van der Waals surface area (Å²) in [6.07, 6.45) is 3.76. The number of rotatable bonds is 4. The van der Waals surface area contributed by atoms with Crippen molar-refractivity contribution in [3.05, 3.63) is 40.6 Å². The van der Waals surface area contributed by atoms with Crippen LogP contribution in [0.4, 0.5) is 0 Å². The van der Waals surface area contributed by atoms with Gasteiger partial charge in [0.15, 0.2) is 5.16 Å². The number of halogens is 1. The van der Waals surface area contributed by atoms with Crippen molar-refractivity contribution in [3.8, 4) is 0 Å². The average Bonchev–Trinajstić information content (AvgIpc) is 2.69. The van der Waals surface area contributed by atoms with Crippen LogP contribution in [0.2, 0.25) is 0 Å². The first-order valence-electron chi connectivity index (χ1n) is 5.29. The van der Waals surface area contributed by atoms with E-state index in [1.54, 1.807) is 11.8 Å². The maximum Gasteiger partial charge on any atom is 0.172 e. The van der Waals surface area contributed by atoms with Gasteiger partial charge in [-0.25, -0.2) is 4.98 Å². The number of hydrogen-bond donors (Lipinski definition) is 1. The summed E-state index contributed by atoms with van der Waals surface area (Å²) in [4.78, 5) is 5.48. The van der Waals surface area contributed by atoms with Crippen LogP contribution in [-0.2, 0) is 13.6 Å². The van der Waals surface area contributed by atoms with Crippen molar-refractivity contribution in [2.75, 3.05) is 7.05 Å². The highest BCUT2D eigenvalue weighted by Crippen LogP contribution is 2.32. The van der Waals surface area contributed by atoms with E-state index in [0.29, 0.717) is 0 Å². The molecule has 0 amide bonds. The monoisotopic (exact) mass is 311 g/mol. The molecule has 17 heavy (non-hydrogen) atoms. The Kier molecular flexibility index (Phi) is 4.25. The van der Waals surface area contributed by atoms with Crippen LogP contribution in [-0.4, -0.2) is 16.6 Å². The zero-order valence-corrected chi connectivity index (χ0v) is 12.2. The van der Waals surface area contributed by atoms with Gasteiger partial charge in [0, 0.05) is 35.4 Å². The lowest BCUT2D eigenvalue weighted by Crippen LogP contribution is -2.04. The number of imidazole rings is 1. The second kappa shape index (κ2) is 5.71. The third kappa shape index (κ3) is 3.12. The predicted molar refractivity (Wildman–Crippen MR) is 74.2 cm³/mol. The van der Waals surface area contributed by atoms with E-state index in [1.165, 1.54) is 10.5 Å². The number of hydrogen-bond acceptors (Lipinski definition) is 3. The second-order valence-corrected chi connectivity index (χ2v) is 5.58. The van der Waals surface area contributed by atoms with E-state index in [0.717, 1.165) is 16.2 Å². The SMILES string of the molecule is CNCc1ccc(Sc2nccn2C)c(Br)c1. The molecule has 0 spiro atoms. The van der Waals surface area contributed by atoms with Crippen molar-refractivity contribution in [1.29, 1.82) is 0 Å². The summed E-state index contributed by atoms with van der Waals surface area (Å²) in [5.41, 5.74) is 1.27.